The Hall–Kier alpha value is -0.0800. The molecule has 0 amide bonds. The summed E-state index contributed by atoms with van der Waals surface area (Å²) in [4.78, 5) is 0. The molecule has 0 aromatic rings. The van der Waals surface area contributed by atoms with Crippen molar-refractivity contribution in [3.8, 4) is 0 Å². The van der Waals surface area contributed by atoms with Gasteiger partial charge in [0.15, 0.2) is 0 Å². The van der Waals surface area contributed by atoms with Crippen LogP contribution in [0.3, 0.4) is 0 Å². The molecule has 1 aliphatic rings. The molecule has 1 N–H and O–H groups in total. The van der Waals surface area contributed by atoms with Crippen LogP contribution in [0.15, 0.2) is 0 Å². The lowest BCUT2D eigenvalue weighted by Crippen LogP contribution is -2.38. The fourth-order valence-corrected chi connectivity index (χ4v) is 3.37. The molecule has 0 aromatic heterocycles. The van der Waals surface area contributed by atoms with E-state index in [2.05, 4.69) is 19.3 Å². The third-order valence-corrected chi connectivity index (χ3v) is 4.75. The summed E-state index contributed by atoms with van der Waals surface area (Å²) in [6, 6.07) is 0.680. The normalized spacial score (nSPS) is 21.0. The molecule has 0 saturated carbocycles. The zero-order valence-corrected chi connectivity index (χ0v) is 14.0. The molecule has 0 bridgehead atoms. The van der Waals surface area contributed by atoms with Crippen LogP contribution in [0.2, 0.25) is 0 Å². The molecule has 2 unspecified atom stereocenters. The van der Waals surface area contributed by atoms with Gasteiger partial charge in [-0.15, -0.1) is 0 Å². The van der Waals surface area contributed by atoms with Crippen LogP contribution in [0, 0.1) is 5.92 Å². The van der Waals surface area contributed by atoms with E-state index in [1.54, 1.807) is 0 Å². The molecule has 2 atom stereocenters. The van der Waals surface area contributed by atoms with Crippen LogP contribution in [0.5, 0.6) is 0 Å². The molecule has 1 fully saturated rings. The summed E-state index contributed by atoms with van der Waals surface area (Å²) >= 11 is 0. The third-order valence-electron chi connectivity index (χ3n) is 4.75. The van der Waals surface area contributed by atoms with Gasteiger partial charge in [0.25, 0.3) is 0 Å². The van der Waals surface area contributed by atoms with Gasteiger partial charge in [0.2, 0.25) is 0 Å². The van der Waals surface area contributed by atoms with E-state index in [1.165, 1.54) is 77.0 Å². The highest BCUT2D eigenvalue weighted by molar-refractivity contribution is 4.77. The van der Waals surface area contributed by atoms with Gasteiger partial charge in [0.05, 0.1) is 6.61 Å². The lowest BCUT2D eigenvalue weighted by Gasteiger charge is -2.30. The van der Waals surface area contributed by atoms with Crippen molar-refractivity contribution in [3.63, 3.8) is 0 Å². The average Bonchev–Trinajstić information content (AvgIpc) is 2.50. The average molecular weight is 284 g/mol. The van der Waals surface area contributed by atoms with Crippen molar-refractivity contribution >= 4 is 0 Å². The first kappa shape index (κ1) is 18.0. The maximum atomic E-state index is 5.62. The van der Waals surface area contributed by atoms with Gasteiger partial charge in [-0.3, -0.25) is 0 Å². The zero-order chi connectivity index (χ0) is 14.5. The lowest BCUT2D eigenvalue weighted by molar-refractivity contribution is 0.0387. The summed E-state index contributed by atoms with van der Waals surface area (Å²) in [5.74, 6) is 0.753. The fraction of sp³-hybridized carbons (Fsp3) is 1.00. The van der Waals surface area contributed by atoms with E-state index in [1.807, 2.05) is 0 Å². The summed E-state index contributed by atoms with van der Waals surface area (Å²) < 4.78 is 5.62. The molecule has 120 valence electrons. The Morgan fingerprint density at radius 1 is 1.00 bits per heavy atom. The van der Waals surface area contributed by atoms with Crippen molar-refractivity contribution in [1.82, 2.24) is 5.32 Å². The minimum absolute atomic E-state index is 0.680. The highest BCUT2D eigenvalue weighted by Gasteiger charge is 2.22. The van der Waals surface area contributed by atoms with Crippen LogP contribution in [-0.2, 0) is 4.74 Å². The summed E-state index contributed by atoms with van der Waals surface area (Å²) in [6.45, 7) is 4.24. The van der Waals surface area contributed by atoms with E-state index in [4.69, 9.17) is 4.74 Å². The molecular weight excluding hydrogens is 246 g/mol. The van der Waals surface area contributed by atoms with Crippen molar-refractivity contribution in [2.24, 2.45) is 5.92 Å². The molecule has 2 heteroatoms. The number of rotatable bonds is 12. The number of hydrogen-bond acceptors (Lipinski definition) is 2. The second-order valence-electron chi connectivity index (χ2n) is 6.49. The monoisotopic (exact) mass is 283 g/mol. The van der Waals surface area contributed by atoms with Crippen molar-refractivity contribution in [3.05, 3.63) is 0 Å². The first-order valence-electron chi connectivity index (χ1n) is 9.13. The highest BCUT2D eigenvalue weighted by Crippen LogP contribution is 2.21. The van der Waals surface area contributed by atoms with Gasteiger partial charge in [0.1, 0.15) is 0 Å². The molecule has 0 aromatic carbocycles. The summed E-state index contributed by atoms with van der Waals surface area (Å²) in [6.07, 6.45) is 16.7. The second-order valence-corrected chi connectivity index (χ2v) is 6.49. The van der Waals surface area contributed by atoms with Gasteiger partial charge in [-0.1, -0.05) is 64.7 Å². The first-order chi connectivity index (χ1) is 9.88. The van der Waals surface area contributed by atoms with Gasteiger partial charge in [0, 0.05) is 12.6 Å². The minimum atomic E-state index is 0.680. The minimum Gasteiger partial charge on any atom is -0.381 e. The van der Waals surface area contributed by atoms with Crippen molar-refractivity contribution in [2.45, 2.75) is 90.0 Å². The topological polar surface area (TPSA) is 21.3 Å². The standard InChI is InChI=1S/C18H37NO/c1-3-4-5-6-7-8-9-10-11-14-18(19-2)17-13-12-15-20-16-17/h17-19H,3-16H2,1-2H3. The molecule has 1 aliphatic heterocycles. The predicted molar refractivity (Wildman–Crippen MR) is 88.2 cm³/mol. The van der Waals surface area contributed by atoms with Gasteiger partial charge < -0.3 is 10.1 Å². The Balaban J connectivity index is 1.93. The second kappa shape index (κ2) is 12.6. The molecule has 1 heterocycles. The molecular formula is C18H37NO. The van der Waals surface area contributed by atoms with Crippen LogP contribution in [-0.4, -0.2) is 26.3 Å². The molecule has 0 aliphatic carbocycles. The summed E-state index contributed by atoms with van der Waals surface area (Å²) in [5, 5.41) is 3.52. The lowest BCUT2D eigenvalue weighted by atomic mass is 9.90. The third kappa shape index (κ3) is 8.26. The quantitative estimate of drug-likeness (QED) is 0.513. The van der Waals surface area contributed by atoms with Crippen molar-refractivity contribution < 1.29 is 4.74 Å². The fourth-order valence-electron chi connectivity index (χ4n) is 3.37. The van der Waals surface area contributed by atoms with Crippen molar-refractivity contribution in [1.29, 1.82) is 0 Å². The number of unbranched alkanes of at least 4 members (excludes halogenated alkanes) is 8. The Kier molecular flexibility index (Phi) is 11.4. The predicted octanol–water partition coefficient (Wildman–Crippen LogP) is 4.92. The van der Waals surface area contributed by atoms with E-state index in [0.29, 0.717) is 6.04 Å². The summed E-state index contributed by atoms with van der Waals surface area (Å²) in [7, 11) is 2.12. The van der Waals surface area contributed by atoms with E-state index < -0.39 is 0 Å². The maximum absolute atomic E-state index is 5.62. The van der Waals surface area contributed by atoms with Gasteiger partial charge >= 0.3 is 0 Å². The van der Waals surface area contributed by atoms with E-state index in [-0.39, 0.29) is 0 Å². The number of hydrogen-bond donors (Lipinski definition) is 1. The number of nitrogens with one attached hydrogen (secondary N) is 1. The van der Waals surface area contributed by atoms with Crippen LogP contribution >= 0.6 is 0 Å². The Bertz CT molecular complexity index is 202. The highest BCUT2D eigenvalue weighted by atomic mass is 16.5. The van der Waals surface area contributed by atoms with E-state index in [9.17, 15) is 0 Å². The zero-order valence-electron chi connectivity index (χ0n) is 14.0. The summed E-state index contributed by atoms with van der Waals surface area (Å²) in [5.41, 5.74) is 0. The van der Waals surface area contributed by atoms with Crippen LogP contribution in [0.4, 0.5) is 0 Å². The Morgan fingerprint density at radius 3 is 2.20 bits per heavy atom. The van der Waals surface area contributed by atoms with E-state index in [0.717, 1.165) is 19.1 Å². The van der Waals surface area contributed by atoms with Gasteiger partial charge in [-0.2, -0.15) is 0 Å². The van der Waals surface area contributed by atoms with Crippen LogP contribution in [0.25, 0.3) is 0 Å². The van der Waals surface area contributed by atoms with Crippen molar-refractivity contribution in [2.75, 3.05) is 20.3 Å². The Labute approximate surface area is 127 Å². The van der Waals surface area contributed by atoms with Crippen LogP contribution in [0.1, 0.15) is 84.0 Å². The smallest absolute Gasteiger partial charge is 0.0509 e. The SMILES string of the molecule is CCCCCCCCCCCC(NC)C1CCCOC1. The van der Waals surface area contributed by atoms with Gasteiger partial charge in [-0.25, -0.2) is 0 Å². The molecule has 2 nitrogen and oxygen atoms in total. The molecule has 0 spiro atoms. The number of ether oxygens (including phenoxy) is 1. The largest absolute Gasteiger partial charge is 0.381 e. The van der Waals surface area contributed by atoms with Crippen LogP contribution < -0.4 is 5.32 Å². The molecule has 1 saturated heterocycles. The Morgan fingerprint density at radius 2 is 1.65 bits per heavy atom. The first-order valence-corrected chi connectivity index (χ1v) is 9.13. The molecule has 0 radical (unpaired) electrons. The molecule has 20 heavy (non-hydrogen) atoms. The van der Waals surface area contributed by atoms with Gasteiger partial charge in [-0.05, 0) is 32.2 Å². The maximum Gasteiger partial charge on any atom is 0.0509 e. The molecule has 1 rings (SSSR count). The van der Waals surface area contributed by atoms with E-state index >= 15 is 0 Å².